The SMILES string of the molecule is Cc1cc(=O)nc2c3c(n([C@@H]4O[C@H](CO)[C@@H](O)[C@@]4(C)O)cc13)N=C(N)N2. The highest BCUT2D eigenvalue weighted by atomic mass is 16.6. The molecule has 2 aromatic rings. The molecule has 0 unspecified atom stereocenters. The van der Waals surface area contributed by atoms with Gasteiger partial charge in [0.1, 0.15) is 29.4 Å². The van der Waals surface area contributed by atoms with Crippen molar-refractivity contribution in [1.29, 1.82) is 0 Å². The highest BCUT2D eigenvalue weighted by molar-refractivity contribution is 6.11. The van der Waals surface area contributed by atoms with Gasteiger partial charge in [-0.15, -0.1) is 0 Å². The van der Waals surface area contributed by atoms with Crippen molar-refractivity contribution >= 4 is 28.4 Å². The molecule has 0 saturated carbocycles. The lowest BCUT2D eigenvalue weighted by Crippen LogP contribution is -2.44. The summed E-state index contributed by atoms with van der Waals surface area (Å²) in [6.45, 7) is 2.74. The normalized spacial score (nSPS) is 30.3. The summed E-state index contributed by atoms with van der Waals surface area (Å²) in [4.78, 5) is 20.2. The first-order chi connectivity index (χ1) is 12.2. The predicted octanol–water partition coefficient (Wildman–Crippen LogP) is -0.922. The average Bonchev–Trinajstić information content (AvgIpc) is 2.99. The van der Waals surface area contributed by atoms with Gasteiger partial charge in [-0.1, -0.05) is 0 Å². The molecule has 4 heterocycles. The van der Waals surface area contributed by atoms with Gasteiger partial charge in [-0.25, -0.2) is 0 Å². The van der Waals surface area contributed by atoms with Crippen molar-refractivity contribution in [3.8, 4) is 0 Å². The van der Waals surface area contributed by atoms with Crippen LogP contribution in [0.15, 0.2) is 22.1 Å². The van der Waals surface area contributed by atoms with E-state index in [4.69, 9.17) is 10.5 Å². The number of ether oxygens (including phenoxy) is 1. The molecule has 10 nitrogen and oxygen atoms in total. The largest absolute Gasteiger partial charge is 0.394 e. The zero-order chi connectivity index (χ0) is 18.8. The van der Waals surface area contributed by atoms with Crippen molar-refractivity contribution in [1.82, 2.24) is 9.55 Å². The predicted molar refractivity (Wildman–Crippen MR) is 93.3 cm³/mol. The average molecular weight is 361 g/mol. The quantitative estimate of drug-likeness (QED) is 0.460. The Morgan fingerprint density at radius 2 is 2.23 bits per heavy atom. The van der Waals surface area contributed by atoms with Gasteiger partial charge in [0.25, 0.3) is 5.56 Å². The maximum Gasteiger partial charge on any atom is 0.271 e. The molecule has 138 valence electrons. The maximum absolute atomic E-state index is 11.9. The molecule has 2 aliphatic rings. The van der Waals surface area contributed by atoms with Crippen LogP contribution in [0, 0.1) is 6.92 Å². The molecule has 0 radical (unpaired) electrons. The number of aliphatic imine (C=N–C) groups is 1. The van der Waals surface area contributed by atoms with E-state index in [0.717, 1.165) is 0 Å². The van der Waals surface area contributed by atoms with Crippen LogP contribution in [-0.2, 0) is 4.74 Å². The maximum atomic E-state index is 11.9. The van der Waals surface area contributed by atoms with E-state index in [1.807, 2.05) is 0 Å². The molecule has 4 atom stereocenters. The highest BCUT2D eigenvalue weighted by Gasteiger charge is 2.53. The minimum Gasteiger partial charge on any atom is -0.394 e. The number of aliphatic hydroxyl groups is 3. The zero-order valence-corrected chi connectivity index (χ0v) is 14.2. The number of hydrogen-bond acceptors (Lipinski definition) is 9. The number of aromatic nitrogens is 2. The summed E-state index contributed by atoms with van der Waals surface area (Å²) in [5, 5.41) is 34.4. The van der Waals surface area contributed by atoms with Crippen LogP contribution in [-0.4, -0.2) is 55.2 Å². The Bertz CT molecular complexity index is 999. The lowest BCUT2D eigenvalue weighted by Gasteiger charge is -2.28. The van der Waals surface area contributed by atoms with E-state index < -0.39 is 36.2 Å². The molecule has 26 heavy (non-hydrogen) atoms. The number of nitrogens with zero attached hydrogens (tertiary/aromatic N) is 3. The van der Waals surface area contributed by atoms with Crippen LogP contribution in [0.5, 0.6) is 0 Å². The van der Waals surface area contributed by atoms with Gasteiger partial charge in [0.05, 0.1) is 12.0 Å². The van der Waals surface area contributed by atoms with Gasteiger partial charge >= 0.3 is 0 Å². The molecule has 0 amide bonds. The van der Waals surface area contributed by atoms with Gasteiger partial charge in [0.15, 0.2) is 6.23 Å². The third kappa shape index (κ3) is 2.23. The van der Waals surface area contributed by atoms with Crippen LogP contribution in [0.2, 0.25) is 0 Å². The van der Waals surface area contributed by atoms with Gasteiger partial charge in [-0.3, -0.25) is 4.79 Å². The molecule has 6 N–H and O–H groups in total. The highest BCUT2D eigenvalue weighted by Crippen LogP contribution is 2.45. The minimum absolute atomic E-state index is 0.0337. The number of nitrogens with one attached hydrogen (secondary N) is 1. The van der Waals surface area contributed by atoms with Gasteiger partial charge < -0.3 is 35.7 Å². The molecule has 2 aromatic heterocycles. The molecule has 10 heteroatoms. The van der Waals surface area contributed by atoms with Gasteiger partial charge in [0, 0.05) is 17.6 Å². The molecule has 0 aromatic carbocycles. The van der Waals surface area contributed by atoms with E-state index in [-0.39, 0.29) is 11.8 Å². The Balaban J connectivity index is 2.01. The summed E-state index contributed by atoms with van der Waals surface area (Å²) < 4.78 is 7.22. The van der Waals surface area contributed by atoms with E-state index in [9.17, 15) is 20.1 Å². The molecular formula is C16H19N5O5. The second-order valence-corrected chi connectivity index (χ2v) is 6.78. The molecule has 0 spiro atoms. The van der Waals surface area contributed by atoms with Gasteiger partial charge in [-0.05, 0) is 19.4 Å². The van der Waals surface area contributed by atoms with E-state index in [1.165, 1.54) is 13.0 Å². The van der Waals surface area contributed by atoms with Crippen LogP contribution < -0.4 is 16.6 Å². The molecule has 1 fully saturated rings. The van der Waals surface area contributed by atoms with Crippen molar-refractivity contribution in [2.24, 2.45) is 10.7 Å². The van der Waals surface area contributed by atoms with Gasteiger partial charge in [-0.2, -0.15) is 9.98 Å². The number of rotatable bonds is 2. The Kier molecular flexibility index (Phi) is 3.57. The molecule has 0 bridgehead atoms. The van der Waals surface area contributed by atoms with E-state index >= 15 is 0 Å². The lowest BCUT2D eigenvalue weighted by atomic mass is 9.96. The molecular weight excluding hydrogens is 342 g/mol. The van der Waals surface area contributed by atoms with Crippen LogP contribution in [0.1, 0.15) is 18.7 Å². The summed E-state index contributed by atoms with van der Waals surface area (Å²) in [6.07, 6.45) is -1.59. The first-order valence-corrected chi connectivity index (χ1v) is 8.08. The Hall–Kier alpha value is -2.53. The van der Waals surface area contributed by atoms with E-state index in [2.05, 4.69) is 15.3 Å². The third-order valence-corrected chi connectivity index (χ3v) is 4.89. The summed E-state index contributed by atoms with van der Waals surface area (Å²) >= 11 is 0. The molecule has 0 aliphatic carbocycles. The van der Waals surface area contributed by atoms with Gasteiger partial charge in [0.2, 0.25) is 5.96 Å². The minimum atomic E-state index is -1.68. The van der Waals surface area contributed by atoms with Crippen LogP contribution in [0.4, 0.5) is 11.6 Å². The number of aryl methyl sites for hydroxylation is 1. The molecule has 2 aliphatic heterocycles. The fourth-order valence-corrected chi connectivity index (χ4v) is 3.54. The lowest BCUT2D eigenvalue weighted by molar-refractivity contribution is -0.0955. The van der Waals surface area contributed by atoms with Crippen molar-refractivity contribution in [2.75, 3.05) is 11.9 Å². The summed E-state index contributed by atoms with van der Waals surface area (Å²) in [6, 6.07) is 1.39. The monoisotopic (exact) mass is 361 g/mol. The van der Waals surface area contributed by atoms with Crippen molar-refractivity contribution in [3.63, 3.8) is 0 Å². The van der Waals surface area contributed by atoms with Crippen molar-refractivity contribution in [3.05, 3.63) is 28.2 Å². The number of aliphatic hydroxyl groups excluding tert-OH is 2. The number of anilines is 1. The van der Waals surface area contributed by atoms with E-state index in [1.54, 1.807) is 17.7 Å². The second-order valence-electron chi connectivity index (χ2n) is 6.78. The summed E-state index contributed by atoms with van der Waals surface area (Å²) in [5.74, 6) is 0.635. The van der Waals surface area contributed by atoms with Crippen molar-refractivity contribution < 1.29 is 20.1 Å². The number of nitrogens with two attached hydrogens (primary N) is 1. The Morgan fingerprint density at radius 1 is 1.50 bits per heavy atom. The van der Waals surface area contributed by atoms with Crippen LogP contribution in [0.3, 0.4) is 0 Å². The summed E-state index contributed by atoms with van der Waals surface area (Å²) in [7, 11) is 0. The third-order valence-electron chi connectivity index (χ3n) is 4.89. The zero-order valence-electron chi connectivity index (χ0n) is 14.2. The standard InChI is InChI=1S/C16H19N5O5/c1-6-3-9(23)18-12-10-7(6)4-21(13(10)20-15(17)19-12)14-16(2,25)11(24)8(5-22)26-14/h3-4,8,11,14,22,24-25H,5H2,1-2H3,(H3,17,18,19,20,23)/t8-,11-,14-,16-/m1/s1. The topological polar surface area (TPSA) is 155 Å². The smallest absolute Gasteiger partial charge is 0.271 e. The first kappa shape index (κ1) is 16.9. The Labute approximate surface area is 147 Å². The molecule has 4 rings (SSSR count). The fraction of sp³-hybridized carbons (Fsp3) is 0.438. The fourth-order valence-electron chi connectivity index (χ4n) is 3.54. The van der Waals surface area contributed by atoms with Crippen LogP contribution >= 0.6 is 0 Å². The second kappa shape index (κ2) is 5.48. The Morgan fingerprint density at radius 3 is 2.88 bits per heavy atom. The number of hydrogen-bond donors (Lipinski definition) is 5. The number of guanidine groups is 1. The summed E-state index contributed by atoms with van der Waals surface area (Å²) in [5.41, 5.74) is 4.38. The van der Waals surface area contributed by atoms with Crippen molar-refractivity contribution in [2.45, 2.75) is 37.9 Å². The first-order valence-electron chi connectivity index (χ1n) is 8.08. The molecule has 1 saturated heterocycles. The van der Waals surface area contributed by atoms with E-state index in [0.29, 0.717) is 22.2 Å². The van der Waals surface area contributed by atoms with Crippen LogP contribution in [0.25, 0.3) is 10.8 Å².